The Morgan fingerprint density at radius 3 is 2.62 bits per heavy atom. The predicted octanol–water partition coefficient (Wildman–Crippen LogP) is 2.93. The summed E-state index contributed by atoms with van der Waals surface area (Å²) < 4.78 is 28.2. The Morgan fingerprint density at radius 1 is 1.14 bits per heavy atom. The Morgan fingerprint density at radius 2 is 1.90 bits per heavy atom. The van der Waals surface area contributed by atoms with Crippen molar-refractivity contribution < 1.29 is 18.4 Å². The zero-order valence-electron chi connectivity index (χ0n) is 15.8. The van der Waals surface area contributed by atoms with Gasteiger partial charge in [0, 0.05) is 44.4 Å². The van der Waals surface area contributed by atoms with Crippen LogP contribution in [0.1, 0.15) is 22.3 Å². The molecule has 0 unspecified atom stereocenters. The lowest BCUT2D eigenvalue weighted by Gasteiger charge is -2.16. The molecular weight excluding hydrogens is 378 g/mol. The largest absolute Gasteiger partial charge is 0.351 e. The lowest BCUT2D eigenvalue weighted by molar-refractivity contribution is -0.130. The standard InChI is InChI=1S/C21H20F2N4O2/c1-26(13-15-12-25-27(14-15)17-5-3-2-4-6-17)20(28)9-10-24-21(29)18-8-7-16(22)11-19(18)23/h2-8,11-12,14H,9-10,13H2,1H3,(H,24,29). The number of hydrogen-bond acceptors (Lipinski definition) is 3. The van der Waals surface area contributed by atoms with E-state index >= 15 is 0 Å². The van der Waals surface area contributed by atoms with E-state index in [1.165, 1.54) is 4.90 Å². The molecule has 29 heavy (non-hydrogen) atoms. The van der Waals surface area contributed by atoms with E-state index in [0.29, 0.717) is 12.6 Å². The fourth-order valence-electron chi connectivity index (χ4n) is 2.77. The van der Waals surface area contributed by atoms with Gasteiger partial charge in [-0.15, -0.1) is 0 Å². The van der Waals surface area contributed by atoms with Gasteiger partial charge >= 0.3 is 0 Å². The highest BCUT2D eigenvalue weighted by molar-refractivity contribution is 5.94. The number of halogens is 2. The quantitative estimate of drug-likeness (QED) is 0.666. The molecule has 150 valence electrons. The van der Waals surface area contributed by atoms with Crippen LogP contribution in [0.3, 0.4) is 0 Å². The second-order valence-corrected chi connectivity index (χ2v) is 6.51. The highest BCUT2D eigenvalue weighted by Crippen LogP contribution is 2.11. The van der Waals surface area contributed by atoms with E-state index in [2.05, 4.69) is 10.4 Å². The molecule has 1 heterocycles. The van der Waals surface area contributed by atoms with Gasteiger partial charge in [0.25, 0.3) is 5.91 Å². The van der Waals surface area contributed by atoms with Crippen LogP contribution in [0, 0.1) is 11.6 Å². The third-order valence-electron chi connectivity index (χ3n) is 4.30. The van der Waals surface area contributed by atoms with Crippen molar-refractivity contribution in [3.63, 3.8) is 0 Å². The van der Waals surface area contributed by atoms with E-state index in [-0.39, 0.29) is 24.4 Å². The van der Waals surface area contributed by atoms with Crippen LogP contribution in [0.15, 0.2) is 60.9 Å². The van der Waals surface area contributed by atoms with E-state index in [0.717, 1.165) is 23.4 Å². The number of benzene rings is 2. The van der Waals surface area contributed by atoms with Crippen molar-refractivity contribution in [3.05, 3.63) is 83.7 Å². The van der Waals surface area contributed by atoms with Crippen LogP contribution in [0.2, 0.25) is 0 Å². The summed E-state index contributed by atoms with van der Waals surface area (Å²) in [5.74, 6) is -2.58. The molecule has 0 bridgehead atoms. The summed E-state index contributed by atoms with van der Waals surface area (Å²) in [5, 5.41) is 6.76. The van der Waals surface area contributed by atoms with Crippen LogP contribution in [-0.4, -0.2) is 40.1 Å². The predicted molar refractivity (Wildman–Crippen MR) is 103 cm³/mol. The van der Waals surface area contributed by atoms with Gasteiger partial charge in [-0.25, -0.2) is 13.5 Å². The first-order chi connectivity index (χ1) is 13.9. The molecule has 3 aromatic rings. The maximum absolute atomic E-state index is 13.6. The van der Waals surface area contributed by atoms with E-state index < -0.39 is 17.5 Å². The summed E-state index contributed by atoms with van der Waals surface area (Å²) in [4.78, 5) is 25.7. The van der Waals surface area contributed by atoms with Gasteiger partial charge in [-0.05, 0) is 24.3 Å². The summed E-state index contributed by atoms with van der Waals surface area (Å²) >= 11 is 0. The molecular formula is C21H20F2N4O2. The topological polar surface area (TPSA) is 67.2 Å². The molecule has 1 N–H and O–H groups in total. The third-order valence-corrected chi connectivity index (χ3v) is 4.30. The van der Waals surface area contributed by atoms with E-state index in [4.69, 9.17) is 0 Å². The normalized spacial score (nSPS) is 10.6. The molecule has 6 nitrogen and oxygen atoms in total. The molecule has 8 heteroatoms. The lowest BCUT2D eigenvalue weighted by Crippen LogP contribution is -2.32. The smallest absolute Gasteiger partial charge is 0.254 e. The molecule has 0 spiro atoms. The number of carbonyl (C=O) groups excluding carboxylic acids is 2. The number of hydrogen-bond donors (Lipinski definition) is 1. The number of para-hydroxylation sites is 1. The molecule has 0 aliphatic rings. The van der Waals surface area contributed by atoms with Crippen LogP contribution in [0.4, 0.5) is 8.78 Å². The molecule has 3 rings (SSSR count). The van der Waals surface area contributed by atoms with Gasteiger partial charge in [-0.1, -0.05) is 18.2 Å². The average Bonchev–Trinajstić information content (AvgIpc) is 3.17. The van der Waals surface area contributed by atoms with Gasteiger partial charge < -0.3 is 10.2 Å². The minimum absolute atomic E-state index is 0.0438. The Balaban J connectivity index is 1.48. The zero-order valence-corrected chi connectivity index (χ0v) is 15.8. The summed E-state index contributed by atoms with van der Waals surface area (Å²) in [6.45, 7) is 0.411. The van der Waals surface area contributed by atoms with Crippen LogP contribution in [0.25, 0.3) is 5.69 Å². The molecule has 0 aliphatic carbocycles. The van der Waals surface area contributed by atoms with Crippen LogP contribution in [-0.2, 0) is 11.3 Å². The average molecular weight is 398 g/mol. The number of aromatic nitrogens is 2. The number of rotatable bonds is 7. The number of carbonyl (C=O) groups is 2. The first kappa shape index (κ1) is 20.2. The SMILES string of the molecule is CN(Cc1cnn(-c2ccccc2)c1)C(=O)CCNC(=O)c1ccc(F)cc1F. The van der Waals surface area contributed by atoms with Gasteiger partial charge in [0.15, 0.2) is 0 Å². The summed E-state index contributed by atoms with van der Waals surface area (Å²) in [6, 6.07) is 12.3. The second kappa shape index (κ2) is 9.09. The van der Waals surface area contributed by atoms with Crippen molar-refractivity contribution in [1.82, 2.24) is 20.0 Å². The molecule has 0 saturated heterocycles. The Bertz CT molecular complexity index is 1000. The van der Waals surface area contributed by atoms with E-state index in [1.54, 1.807) is 17.9 Å². The Labute approximate surface area is 166 Å². The minimum Gasteiger partial charge on any atom is -0.351 e. The van der Waals surface area contributed by atoms with Gasteiger partial charge in [0.2, 0.25) is 5.91 Å². The maximum Gasteiger partial charge on any atom is 0.254 e. The van der Waals surface area contributed by atoms with Crippen molar-refractivity contribution in [3.8, 4) is 5.69 Å². The summed E-state index contributed by atoms with van der Waals surface area (Å²) in [6.07, 6.45) is 3.59. The zero-order chi connectivity index (χ0) is 20.8. The molecule has 0 atom stereocenters. The highest BCUT2D eigenvalue weighted by Gasteiger charge is 2.14. The molecule has 0 saturated carbocycles. The van der Waals surface area contributed by atoms with Crippen LogP contribution in [0.5, 0.6) is 0 Å². The van der Waals surface area contributed by atoms with E-state index in [1.807, 2.05) is 36.5 Å². The van der Waals surface area contributed by atoms with E-state index in [9.17, 15) is 18.4 Å². The maximum atomic E-state index is 13.6. The second-order valence-electron chi connectivity index (χ2n) is 6.51. The number of amides is 2. The highest BCUT2D eigenvalue weighted by atomic mass is 19.1. The molecule has 0 fully saturated rings. The van der Waals surface area contributed by atoms with Crippen molar-refractivity contribution in [1.29, 1.82) is 0 Å². The first-order valence-corrected chi connectivity index (χ1v) is 9.00. The van der Waals surface area contributed by atoms with Crippen LogP contribution < -0.4 is 5.32 Å². The minimum atomic E-state index is -0.943. The fraction of sp³-hybridized carbons (Fsp3) is 0.190. The monoisotopic (exact) mass is 398 g/mol. The van der Waals surface area contributed by atoms with Crippen LogP contribution >= 0.6 is 0 Å². The third kappa shape index (κ3) is 5.25. The molecule has 1 aromatic heterocycles. The van der Waals surface area contributed by atoms with Crippen molar-refractivity contribution in [2.75, 3.05) is 13.6 Å². The van der Waals surface area contributed by atoms with Gasteiger partial charge in [-0.3, -0.25) is 9.59 Å². The van der Waals surface area contributed by atoms with Gasteiger partial charge in [0.1, 0.15) is 11.6 Å². The lowest BCUT2D eigenvalue weighted by atomic mass is 10.2. The molecule has 2 amide bonds. The number of nitrogens with zero attached hydrogens (tertiary/aromatic N) is 3. The van der Waals surface area contributed by atoms with Crippen molar-refractivity contribution in [2.24, 2.45) is 0 Å². The van der Waals surface area contributed by atoms with Crippen molar-refractivity contribution in [2.45, 2.75) is 13.0 Å². The Hall–Kier alpha value is -3.55. The van der Waals surface area contributed by atoms with Crippen molar-refractivity contribution >= 4 is 11.8 Å². The Kier molecular flexibility index (Phi) is 6.33. The van der Waals surface area contributed by atoms with Gasteiger partial charge in [0.05, 0.1) is 17.4 Å². The molecule has 0 radical (unpaired) electrons. The summed E-state index contributed by atoms with van der Waals surface area (Å²) in [7, 11) is 1.66. The fourth-order valence-corrected chi connectivity index (χ4v) is 2.77. The summed E-state index contributed by atoms with van der Waals surface area (Å²) in [5.41, 5.74) is 1.52. The number of nitrogens with one attached hydrogen (secondary N) is 1. The molecule has 0 aliphatic heterocycles. The first-order valence-electron chi connectivity index (χ1n) is 9.00. The van der Waals surface area contributed by atoms with Gasteiger partial charge in [-0.2, -0.15) is 5.10 Å². The molecule has 2 aromatic carbocycles.